The van der Waals surface area contributed by atoms with Crippen molar-refractivity contribution in [1.82, 2.24) is 9.80 Å². The molecule has 0 atom stereocenters. The molecule has 8 nitrogen and oxygen atoms in total. The molecule has 2 aromatic rings. The number of non-ortho nitro benzene ring substituents is 1. The first-order valence-corrected chi connectivity index (χ1v) is 9.68. The summed E-state index contributed by atoms with van der Waals surface area (Å²) in [7, 11) is 0. The van der Waals surface area contributed by atoms with Gasteiger partial charge in [0.15, 0.2) is 6.61 Å². The number of carbonyl (C=O) groups is 2. The number of nitrogens with zero attached hydrogens (tertiary/aromatic N) is 3. The highest BCUT2D eigenvalue weighted by molar-refractivity contribution is 6.30. The predicted molar refractivity (Wildman–Crippen MR) is 112 cm³/mol. The van der Waals surface area contributed by atoms with Crippen LogP contribution in [-0.4, -0.2) is 59.3 Å². The molecule has 0 saturated carbocycles. The van der Waals surface area contributed by atoms with Gasteiger partial charge < -0.3 is 14.5 Å². The van der Waals surface area contributed by atoms with Crippen LogP contribution in [-0.2, 0) is 9.59 Å². The fourth-order valence-electron chi connectivity index (χ4n) is 2.92. The summed E-state index contributed by atoms with van der Waals surface area (Å²) in [6, 6.07) is 12.7. The van der Waals surface area contributed by atoms with Gasteiger partial charge in [-0.1, -0.05) is 11.6 Å². The number of amides is 2. The van der Waals surface area contributed by atoms with Crippen molar-refractivity contribution in [2.75, 3.05) is 32.8 Å². The summed E-state index contributed by atoms with van der Waals surface area (Å²) in [6.45, 7) is 1.64. The van der Waals surface area contributed by atoms with Crippen molar-refractivity contribution >= 4 is 35.2 Å². The maximum atomic E-state index is 12.4. The van der Waals surface area contributed by atoms with Gasteiger partial charge in [0.25, 0.3) is 11.6 Å². The molecule has 1 aliphatic heterocycles. The highest BCUT2D eigenvalue weighted by Crippen LogP contribution is 2.16. The standard InChI is InChI=1S/C21H20ClN3O5/c22-17-4-8-19(9-5-17)30-15-21(27)24-13-11-23(12-14-24)20(26)10-3-16-1-6-18(7-2-16)25(28)29/h1-10H,11-15H2/b10-3+. The van der Waals surface area contributed by atoms with Crippen molar-refractivity contribution in [3.63, 3.8) is 0 Å². The van der Waals surface area contributed by atoms with Crippen LogP contribution in [0.2, 0.25) is 5.02 Å². The smallest absolute Gasteiger partial charge is 0.269 e. The van der Waals surface area contributed by atoms with Crippen LogP contribution in [0.3, 0.4) is 0 Å². The number of hydrogen-bond acceptors (Lipinski definition) is 5. The molecule has 0 bridgehead atoms. The van der Waals surface area contributed by atoms with E-state index in [4.69, 9.17) is 16.3 Å². The molecule has 0 N–H and O–H groups in total. The van der Waals surface area contributed by atoms with E-state index in [1.807, 2.05) is 0 Å². The van der Waals surface area contributed by atoms with Crippen LogP contribution in [0.15, 0.2) is 54.6 Å². The molecule has 2 amide bonds. The summed E-state index contributed by atoms with van der Waals surface area (Å²) in [6.07, 6.45) is 3.05. The quantitative estimate of drug-likeness (QED) is 0.400. The second-order valence-corrected chi connectivity index (χ2v) is 7.07. The number of nitro groups is 1. The molecule has 1 heterocycles. The molecule has 1 saturated heterocycles. The first kappa shape index (κ1) is 21.3. The van der Waals surface area contributed by atoms with Crippen molar-refractivity contribution in [3.8, 4) is 5.75 Å². The predicted octanol–water partition coefficient (Wildman–Crippen LogP) is 3.01. The second-order valence-electron chi connectivity index (χ2n) is 6.63. The Labute approximate surface area is 178 Å². The third kappa shape index (κ3) is 5.81. The number of ether oxygens (including phenoxy) is 1. The fourth-order valence-corrected chi connectivity index (χ4v) is 3.05. The van der Waals surface area contributed by atoms with Gasteiger partial charge in [-0.3, -0.25) is 19.7 Å². The summed E-state index contributed by atoms with van der Waals surface area (Å²) >= 11 is 5.82. The van der Waals surface area contributed by atoms with Gasteiger partial charge in [-0.15, -0.1) is 0 Å². The topological polar surface area (TPSA) is 93.0 Å². The molecule has 3 rings (SSSR count). The maximum Gasteiger partial charge on any atom is 0.269 e. The Hall–Kier alpha value is -3.39. The zero-order valence-electron chi connectivity index (χ0n) is 16.1. The average Bonchev–Trinajstić information content (AvgIpc) is 2.77. The molecular weight excluding hydrogens is 410 g/mol. The summed E-state index contributed by atoms with van der Waals surface area (Å²) in [5.41, 5.74) is 0.696. The SMILES string of the molecule is O=C(/C=C/c1ccc([N+](=O)[O-])cc1)N1CCN(C(=O)COc2ccc(Cl)cc2)CC1. The monoisotopic (exact) mass is 429 g/mol. The highest BCUT2D eigenvalue weighted by atomic mass is 35.5. The molecule has 30 heavy (non-hydrogen) atoms. The second kappa shape index (κ2) is 9.89. The first-order valence-electron chi connectivity index (χ1n) is 9.30. The average molecular weight is 430 g/mol. The molecule has 0 aliphatic carbocycles. The number of carbonyl (C=O) groups excluding carboxylic acids is 2. The molecule has 0 unspecified atom stereocenters. The van der Waals surface area contributed by atoms with E-state index in [1.54, 1.807) is 52.3 Å². The van der Waals surface area contributed by atoms with Crippen LogP contribution >= 0.6 is 11.6 Å². The third-order valence-electron chi connectivity index (χ3n) is 4.64. The van der Waals surface area contributed by atoms with E-state index in [2.05, 4.69) is 0 Å². The zero-order valence-corrected chi connectivity index (χ0v) is 16.8. The Morgan fingerprint density at radius 3 is 2.20 bits per heavy atom. The summed E-state index contributed by atoms with van der Waals surface area (Å²) in [5.74, 6) is 0.259. The molecule has 1 fully saturated rings. The summed E-state index contributed by atoms with van der Waals surface area (Å²) < 4.78 is 5.48. The van der Waals surface area contributed by atoms with Gasteiger partial charge in [-0.05, 0) is 48.0 Å². The molecule has 1 aliphatic rings. The Bertz CT molecular complexity index is 936. The van der Waals surface area contributed by atoms with Crippen molar-refractivity contribution in [1.29, 1.82) is 0 Å². The number of benzene rings is 2. The van der Waals surface area contributed by atoms with Gasteiger partial charge in [-0.2, -0.15) is 0 Å². The molecule has 0 radical (unpaired) electrons. The number of piperazine rings is 1. The van der Waals surface area contributed by atoms with Crippen LogP contribution in [0.25, 0.3) is 6.08 Å². The largest absolute Gasteiger partial charge is 0.484 e. The van der Waals surface area contributed by atoms with Gasteiger partial charge in [0, 0.05) is 49.4 Å². The van der Waals surface area contributed by atoms with Crippen molar-refractivity contribution in [2.24, 2.45) is 0 Å². The maximum absolute atomic E-state index is 12.4. The Morgan fingerprint density at radius 1 is 1.00 bits per heavy atom. The minimum Gasteiger partial charge on any atom is -0.484 e. The molecule has 9 heteroatoms. The minimum absolute atomic E-state index is 0.000641. The van der Waals surface area contributed by atoms with Gasteiger partial charge >= 0.3 is 0 Å². The Morgan fingerprint density at radius 2 is 1.60 bits per heavy atom. The van der Waals surface area contributed by atoms with Crippen molar-refractivity contribution in [3.05, 3.63) is 75.3 Å². The van der Waals surface area contributed by atoms with E-state index in [9.17, 15) is 19.7 Å². The number of rotatable bonds is 6. The Balaban J connectivity index is 1.44. The van der Waals surface area contributed by atoms with Crippen LogP contribution in [0.4, 0.5) is 5.69 Å². The number of hydrogen-bond donors (Lipinski definition) is 0. The lowest BCUT2D eigenvalue weighted by Crippen LogP contribution is -2.51. The van der Waals surface area contributed by atoms with E-state index in [0.717, 1.165) is 0 Å². The van der Waals surface area contributed by atoms with Crippen LogP contribution in [0, 0.1) is 10.1 Å². The first-order chi connectivity index (χ1) is 14.4. The van der Waals surface area contributed by atoms with Gasteiger partial charge in [0.1, 0.15) is 5.75 Å². The Kier molecular flexibility index (Phi) is 7.03. The van der Waals surface area contributed by atoms with E-state index in [0.29, 0.717) is 42.5 Å². The van der Waals surface area contributed by atoms with Crippen LogP contribution in [0.1, 0.15) is 5.56 Å². The minimum atomic E-state index is -0.472. The van der Waals surface area contributed by atoms with Crippen LogP contribution in [0.5, 0.6) is 5.75 Å². The van der Waals surface area contributed by atoms with Gasteiger partial charge in [0.2, 0.25) is 5.91 Å². The summed E-state index contributed by atoms with van der Waals surface area (Å²) in [4.78, 5) is 38.2. The van der Waals surface area contributed by atoms with Gasteiger partial charge in [-0.25, -0.2) is 0 Å². The lowest BCUT2D eigenvalue weighted by atomic mass is 10.2. The third-order valence-corrected chi connectivity index (χ3v) is 4.89. The normalized spacial score (nSPS) is 14.0. The van der Waals surface area contributed by atoms with E-state index in [1.165, 1.54) is 18.2 Å². The van der Waals surface area contributed by atoms with Crippen LogP contribution < -0.4 is 4.74 Å². The lowest BCUT2D eigenvalue weighted by molar-refractivity contribution is -0.384. The highest BCUT2D eigenvalue weighted by Gasteiger charge is 2.23. The number of nitro benzene ring substituents is 1. The van der Waals surface area contributed by atoms with E-state index >= 15 is 0 Å². The molecule has 0 spiro atoms. The zero-order chi connectivity index (χ0) is 21.5. The molecule has 2 aromatic carbocycles. The summed E-state index contributed by atoms with van der Waals surface area (Å²) in [5, 5.41) is 11.3. The number of halogens is 1. The van der Waals surface area contributed by atoms with E-state index < -0.39 is 4.92 Å². The lowest BCUT2D eigenvalue weighted by Gasteiger charge is -2.34. The van der Waals surface area contributed by atoms with Gasteiger partial charge in [0.05, 0.1) is 4.92 Å². The van der Waals surface area contributed by atoms with Crippen molar-refractivity contribution < 1.29 is 19.2 Å². The molecule has 0 aromatic heterocycles. The fraction of sp³-hybridized carbons (Fsp3) is 0.238. The molecule has 156 valence electrons. The molecular formula is C21H20ClN3O5. The van der Waals surface area contributed by atoms with E-state index in [-0.39, 0.29) is 24.1 Å². The van der Waals surface area contributed by atoms with Crippen molar-refractivity contribution in [2.45, 2.75) is 0 Å².